The van der Waals surface area contributed by atoms with Gasteiger partial charge in [-0.3, -0.25) is 0 Å². The Labute approximate surface area is 113 Å². The summed E-state index contributed by atoms with van der Waals surface area (Å²) in [6.45, 7) is 6.93. The Morgan fingerprint density at radius 3 is 2.84 bits per heavy atom. The maximum Gasteiger partial charge on any atom is 0.147 e. The third-order valence-electron chi connectivity index (χ3n) is 3.18. The van der Waals surface area contributed by atoms with Gasteiger partial charge in [0, 0.05) is 18.4 Å². The molecule has 2 rings (SSSR count). The van der Waals surface area contributed by atoms with E-state index in [1.807, 2.05) is 27.7 Å². The van der Waals surface area contributed by atoms with Gasteiger partial charge in [-0.15, -0.1) is 0 Å². The molecule has 0 bridgehead atoms. The monoisotopic (exact) mass is 262 g/mol. The molecule has 0 spiro atoms. The summed E-state index contributed by atoms with van der Waals surface area (Å²) in [7, 11) is 0. The van der Waals surface area contributed by atoms with Crippen molar-refractivity contribution in [1.29, 1.82) is 0 Å². The lowest BCUT2D eigenvalue weighted by atomic mass is 10.1. The molecule has 104 valence electrons. The molecule has 0 amide bonds. The molecule has 19 heavy (non-hydrogen) atoms. The Morgan fingerprint density at radius 2 is 2.16 bits per heavy atom. The van der Waals surface area contributed by atoms with E-state index in [4.69, 9.17) is 0 Å². The quantitative estimate of drug-likeness (QED) is 0.870. The fourth-order valence-corrected chi connectivity index (χ4v) is 2.18. The Hall–Kier alpha value is -1.62. The van der Waals surface area contributed by atoms with Crippen LogP contribution in [0.5, 0.6) is 0 Å². The minimum atomic E-state index is -0.366. The first-order chi connectivity index (χ1) is 9.11. The molecule has 0 aliphatic carbocycles. The highest BCUT2D eigenvalue weighted by Crippen LogP contribution is 2.19. The smallest absolute Gasteiger partial charge is 0.147 e. The average Bonchev–Trinajstić information content (AvgIpc) is 2.99. The minimum Gasteiger partial charge on any atom is -0.388 e. The van der Waals surface area contributed by atoms with Gasteiger partial charge in [-0.05, 0) is 31.9 Å². The molecule has 0 aliphatic rings. The fraction of sp³-hybridized carbons (Fsp3) is 0.571. The van der Waals surface area contributed by atoms with Crippen LogP contribution in [0.15, 0.2) is 24.8 Å². The molecule has 2 heterocycles. The predicted octanol–water partition coefficient (Wildman–Crippen LogP) is 2.54. The summed E-state index contributed by atoms with van der Waals surface area (Å²) in [6.07, 6.45) is 6.97. The molecule has 1 N–H and O–H groups in total. The van der Waals surface area contributed by atoms with Gasteiger partial charge in [0.2, 0.25) is 0 Å². The van der Waals surface area contributed by atoms with Crippen LogP contribution in [0.25, 0.3) is 0 Å². The Kier molecular flexibility index (Phi) is 4.37. The van der Waals surface area contributed by atoms with Gasteiger partial charge >= 0.3 is 0 Å². The molecule has 0 aliphatic heterocycles. The van der Waals surface area contributed by atoms with E-state index >= 15 is 0 Å². The lowest BCUT2D eigenvalue weighted by Gasteiger charge is -2.10. The lowest BCUT2D eigenvalue weighted by Crippen LogP contribution is -2.11. The highest BCUT2D eigenvalue weighted by molar-refractivity contribution is 5.14. The van der Waals surface area contributed by atoms with E-state index in [-0.39, 0.29) is 6.10 Å². The zero-order valence-electron chi connectivity index (χ0n) is 11.8. The summed E-state index contributed by atoms with van der Waals surface area (Å²) in [5.74, 6) is 0.933. The molecule has 1 unspecified atom stereocenters. The van der Waals surface area contributed by atoms with E-state index in [0.717, 1.165) is 24.2 Å². The number of aromatic nitrogens is 4. The zero-order valence-corrected chi connectivity index (χ0v) is 11.8. The van der Waals surface area contributed by atoms with Crippen molar-refractivity contribution in [2.45, 2.75) is 52.3 Å². The summed E-state index contributed by atoms with van der Waals surface area (Å²) in [5.41, 5.74) is 0.970. The minimum absolute atomic E-state index is 0.304. The highest BCUT2D eigenvalue weighted by atomic mass is 16.3. The largest absolute Gasteiger partial charge is 0.388 e. The van der Waals surface area contributed by atoms with Gasteiger partial charge < -0.3 is 9.67 Å². The van der Waals surface area contributed by atoms with Crippen molar-refractivity contribution < 1.29 is 5.11 Å². The summed E-state index contributed by atoms with van der Waals surface area (Å²) in [5, 5.41) is 14.2. The first kappa shape index (κ1) is 13.8. The molecule has 0 saturated heterocycles. The maximum absolute atomic E-state index is 9.96. The van der Waals surface area contributed by atoms with E-state index < -0.39 is 0 Å². The summed E-state index contributed by atoms with van der Waals surface area (Å²) in [4.78, 5) is 4.29. The topological polar surface area (TPSA) is 55.9 Å². The van der Waals surface area contributed by atoms with Crippen LogP contribution < -0.4 is 0 Å². The van der Waals surface area contributed by atoms with Crippen LogP contribution >= 0.6 is 0 Å². The molecule has 2 aromatic rings. The molecule has 5 nitrogen and oxygen atoms in total. The van der Waals surface area contributed by atoms with Gasteiger partial charge in [-0.25, -0.2) is 9.67 Å². The molecule has 1 atom stereocenters. The Bertz CT molecular complexity index is 515. The molecule has 0 aromatic carbocycles. The van der Waals surface area contributed by atoms with E-state index in [0.29, 0.717) is 12.6 Å². The van der Waals surface area contributed by atoms with E-state index in [1.54, 1.807) is 6.33 Å². The molecule has 2 aromatic heterocycles. The van der Waals surface area contributed by atoms with Gasteiger partial charge in [-0.1, -0.05) is 13.3 Å². The van der Waals surface area contributed by atoms with Gasteiger partial charge in [0.1, 0.15) is 12.2 Å². The standard InChI is InChI=1S/C14H22N4O/c1-4-5-13(19)12-6-7-17(8-12)9-14-15-10-16-18(14)11(2)3/h6-8,10-11,13,19H,4-5,9H2,1-3H3. The molecule has 0 radical (unpaired) electrons. The number of hydrogen-bond donors (Lipinski definition) is 1. The third kappa shape index (κ3) is 3.23. The van der Waals surface area contributed by atoms with Crippen LogP contribution in [-0.2, 0) is 6.54 Å². The first-order valence-corrected chi connectivity index (χ1v) is 6.84. The van der Waals surface area contributed by atoms with Gasteiger partial charge in [0.05, 0.1) is 12.6 Å². The normalized spacial score (nSPS) is 13.1. The van der Waals surface area contributed by atoms with Gasteiger partial charge in [-0.2, -0.15) is 5.10 Å². The molecule has 0 fully saturated rings. The van der Waals surface area contributed by atoms with Gasteiger partial charge in [0.25, 0.3) is 0 Å². The molecule has 5 heteroatoms. The molecular formula is C14H22N4O. The SMILES string of the molecule is CCCC(O)c1ccn(Cc2ncnn2C(C)C)c1. The van der Waals surface area contributed by atoms with E-state index in [9.17, 15) is 5.11 Å². The summed E-state index contributed by atoms with van der Waals surface area (Å²) < 4.78 is 3.96. The second kappa shape index (κ2) is 6.02. The summed E-state index contributed by atoms with van der Waals surface area (Å²) >= 11 is 0. The van der Waals surface area contributed by atoms with Crippen LogP contribution in [0.4, 0.5) is 0 Å². The fourth-order valence-electron chi connectivity index (χ4n) is 2.18. The lowest BCUT2D eigenvalue weighted by molar-refractivity contribution is 0.166. The van der Waals surface area contributed by atoms with Crippen molar-refractivity contribution in [3.05, 3.63) is 36.2 Å². The average molecular weight is 262 g/mol. The van der Waals surface area contributed by atoms with Crippen LogP contribution in [0.1, 0.15) is 57.1 Å². The Balaban J connectivity index is 2.09. The number of aliphatic hydroxyl groups is 1. The van der Waals surface area contributed by atoms with Crippen molar-refractivity contribution in [2.75, 3.05) is 0 Å². The molecular weight excluding hydrogens is 240 g/mol. The number of rotatable bonds is 6. The van der Waals surface area contributed by atoms with E-state index in [1.165, 1.54) is 0 Å². The number of aliphatic hydroxyl groups excluding tert-OH is 1. The van der Waals surface area contributed by atoms with Crippen LogP contribution in [0, 0.1) is 0 Å². The maximum atomic E-state index is 9.96. The van der Waals surface area contributed by atoms with Crippen molar-refractivity contribution in [2.24, 2.45) is 0 Å². The first-order valence-electron chi connectivity index (χ1n) is 6.84. The zero-order chi connectivity index (χ0) is 13.8. The Morgan fingerprint density at radius 1 is 1.37 bits per heavy atom. The van der Waals surface area contributed by atoms with Crippen LogP contribution in [0.3, 0.4) is 0 Å². The van der Waals surface area contributed by atoms with Crippen LogP contribution in [0.2, 0.25) is 0 Å². The predicted molar refractivity (Wildman–Crippen MR) is 73.8 cm³/mol. The van der Waals surface area contributed by atoms with Crippen molar-refractivity contribution >= 4 is 0 Å². The second-order valence-electron chi connectivity index (χ2n) is 5.14. The number of nitrogens with zero attached hydrogens (tertiary/aromatic N) is 4. The molecule has 0 saturated carbocycles. The number of hydrogen-bond acceptors (Lipinski definition) is 3. The second-order valence-corrected chi connectivity index (χ2v) is 5.14. The van der Waals surface area contributed by atoms with Crippen molar-refractivity contribution in [3.8, 4) is 0 Å². The van der Waals surface area contributed by atoms with E-state index in [2.05, 4.69) is 30.9 Å². The van der Waals surface area contributed by atoms with Crippen molar-refractivity contribution in [3.63, 3.8) is 0 Å². The highest BCUT2D eigenvalue weighted by Gasteiger charge is 2.11. The van der Waals surface area contributed by atoms with Gasteiger partial charge in [0.15, 0.2) is 0 Å². The van der Waals surface area contributed by atoms with Crippen LogP contribution in [-0.4, -0.2) is 24.4 Å². The third-order valence-corrected chi connectivity index (χ3v) is 3.18. The van der Waals surface area contributed by atoms with Crippen molar-refractivity contribution in [1.82, 2.24) is 19.3 Å². The summed E-state index contributed by atoms with van der Waals surface area (Å²) in [6, 6.07) is 2.27.